The Hall–Kier alpha value is -0.680. The summed E-state index contributed by atoms with van der Waals surface area (Å²) in [5.74, 6) is 0. The SMILES string of the molecule is CN(CCCNCc1cc(Br)cs1)Cc1ccccc1. The summed E-state index contributed by atoms with van der Waals surface area (Å²) in [6.07, 6.45) is 1.18. The summed E-state index contributed by atoms with van der Waals surface area (Å²) in [4.78, 5) is 3.76. The summed E-state index contributed by atoms with van der Waals surface area (Å²) in [5.41, 5.74) is 1.38. The van der Waals surface area contributed by atoms with Gasteiger partial charge in [0, 0.05) is 27.8 Å². The third kappa shape index (κ3) is 5.75. The molecule has 0 bridgehead atoms. The molecule has 0 saturated heterocycles. The van der Waals surface area contributed by atoms with E-state index in [2.05, 4.69) is 75.0 Å². The molecule has 0 spiro atoms. The second kappa shape index (κ2) is 8.57. The number of hydrogen-bond acceptors (Lipinski definition) is 3. The molecule has 0 amide bonds. The lowest BCUT2D eigenvalue weighted by molar-refractivity contribution is 0.319. The zero-order chi connectivity index (χ0) is 14.2. The maximum absolute atomic E-state index is 3.50. The summed E-state index contributed by atoms with van der Waals surface area (Å²) < 4.78 is 1.18. The first-order chi connectivity index (χ1) is 9.74. The van der Waals surface area contributed by atoms with Crippen LogP contribution in [0.4, 0.5) is 0 Å². The molecule has 0 atom stereocenters. The van der Waals surface area contributed by atoms with Crippen molar-refractivity contribution in [1.29, 1.82) is 0 Å². The molecule has 0 radical (unpaired) electrons. The fourth-order valence-corrected chi connectivity index (χ4v) is 3.53. The molecule has 2 rings (SSSR count). The number of benzene rings is 1. The topological polar surface area (TPSA) is 15.3 Å². The Labute approximate surface area is 133 Å². The fraction of sp³-hybridized carbons (Fsp3) is 0.375. The van der Waals surface area contributed by atoms with Crippen LogP contribution < -0.4 is 5.32 Å². The fourth-order valence-electron chi connectivity index (χ4n) is 2.11. The van der Waals surface area contributed by atoms with Crippen LogP contribution in [-0.2, 0) is 13.1 Å². The summed E-state index contributed by atoms with van der Waals surface area (Å²) >= 11 is 5.28. The molecule has 108 valence electrons. The molecule has 0 aliphatic rings. The standard InChI is InChI=1S/C16H21BrN2S/c1-19(12-14-6-3-2-4-7-14)9-5-8-18-11-16-10-15(17)13-20-16/h2-4,6-7,10,13,18H,5,8-9,11-12H2,1H3. The predicted molar refractivity (Wildman–Crippen MR) is 91.1 cm³/mol. The van der Waals surface area contributed by atoms with Crippen LogP contribution in [0.3, 0.4) is 0 Å². The maximum Gasteiger partial charge on any atom is 0.0300 e. The van der Waals surface area contributed by atoms with Crippen molar-refractivity contribution in [2.45, 2.75) is 19.5 Å². The van der Waals surface area contributed by atoms with Crippen molar-refractivity contribution in [3.63, 3.8) is 0 Å². The van der Waals surface area contributed by atoms with Gasteiger partial charge in [-0.3, -0.25) is 0 Å². The second-order valence-corrected chi connectivity index (χ2v) is 6.90. The minimum Gasteiger partial charge on any atom is -0.312 e. The van der Waals surface area contributed by atoms with Crippen LogP contribution in [0.5, 0.6) is 0 Å². The van der Waals surface area contributed by atoms with Gasteiger partial charge in [-0.05, 0) is 54.1 Å². The Balaban J connectivity index is 1.56. The van der Waals surface area contributed by atoms with Crippen molar-refractivity contribution in [2.24, 2.45) is 0 Å². The summed E-state index contributed by atoms with van der Waals surface area (Å²) in [7, 11) is 2.18. The summed E-state index contributed by atoms with van der Waals surface area (Å²) in [6, 6.07) is 12.8. The molecule has 1 heterocycles. The predicted octanol–water partition coefficient (Wildman–Crippen LogP) is 4.12. The molecular weight excluding hydrogens is 332 g/mol. The normalized spacial score (nSPS) is 11.2. The highest BCUT2D eigenvalue weighted by Crippen LogP contribution is 2.19. The first kappa shape index (κ1) is 15.7. The zero-order valence-electron chi connectivity index (χ0n) is 11.8. The molecule has 0 saturated carbocycles. The van der Waals surface area contributed by atoms with E-state index in [4.69, 9.17) is 0 Å². The first-order valence-electron chi connectivity index (χ1n) is 6.90. The van der Waals surface area contributed by atoms with Crippen molar-refractivity contribution in [3.05, 3.63) is 56.7 Å². The lowest BCUT2D eigenvalue weighted by atomic mass is 10.2. The highest BCUT2D eigenvalue weighted by Gasteiger charge is 2.00. The molecule has 0 unspecified atom stereocenters. The van der Waals surface area contributed by atoms with E-state index in [9.17, 15) is 0 Å². The molecule has 1 aromatic heterocycles. The van der Waals surface area contributed by atoms with Gasteiger partial charge in [0.25, 0.3) is 0 Å². The summed E-state index contributed by atoms with van der Waals surface area (Å²) in [6.45, 7) is 4.18. The lowest BCUT2D eigenvalue weighted by Crippen LogP contribution is -2.23. The van der Waals surface area contributed by atoms with Crippen LogP contribution in [-0.4, -0.2) is 25.0 Å². The van der Waals surface area contributed by atoms with Gasteiger partial charge in [-0.15, -0.1) is 11.3 Å². The third-order valence-electron chi connectivity index (χ3n) is 3.11. The second-order valence-electron chi connectivity index (χ2n) is 4.98. The monoisotopic (exact) mass is 352 g/mol. The van der Waals surface area contributed by atoms with Crippen molar-refractivity contribution < 1.29 is 0 Å². The Bertz CT molecular complexity index is 498. The molecule has 1 aromatic carbocycles. The molecule has 20 heavy (non-hydrogen) atoms. The van der Waals surface area contributed by atoms with Crippen molar-refractivity contribution in [3.8, 4) is 0 Å². The van der Waals surface area contributed by atoms with Crippen LogP contribution in [0.15, 0.2) is 46.3 Å². The van der Waals surface area contributed by atoms with Gasteiger partial charge < -0.3 is 10.2 Å². The summed E-state index contributed by atoms with van der Waals surface area (Å²) in [5, 5.41) is 5.63. The maximum atomic E-state index is 3.50. The van der Waals surface area contributed by atoms with E-state index in [1.165, 1.54) is 21.3 Å². The highest BCUT2D eigenvalue weighted by molar-refractivity contribution is 9.10. The lowest BCUT2D eigenvalue weighted by Gasteiger charge is -2.16. The van der Waals surface area contributed by atoms with E-state index in [1.54, 1.807) is 11.3 Å². The molecule has 0 fully saturated rings. The minimum atomic E-state index is 0.971. The number of hydrogen-bond donors (Lipinski definition) is 1. The molecule has 2 aromatic rings. The van der Waals surface area contributed by atoms with E-state index in [1.807, 2.05) is 0 Å². The van der Waals surface area contributed by atoms with Crippen molar-refractivity contribution in [1.82, 2.24) is 10.2 Å². The number of thiophene rings is 1. The first-order valence-corrected chi connectivity index (χ1v) is 8.57. The smallest absolute Gasteiger partial charge is 0.0300 e. The highest BCUT2D eigenvalue weighted by atomic mass is 79.9. The number of nitrogens with one attached hydrogen (secondary N) is 1. The Morgan fingerprint density at radius 1 is 1.25 bits per heavy atom. The third-order valence-corrected chi connectivity index (χ3v) is 4.81. The van der Waals surface area contributed by atoms with Gasteiger partial charge in [-0.1, -0.05) is 30.3 Å². The van der Waals surface area contributed by atoms with E-state index in [-0.39, 0.29) is 0 Å². The average molecular weight is 353 g/mol. The molecule has 4 heteroatoms. The van der Waals surface area contributed by atoms with Gasteiger partial charge in [0.1, 0.15) is 0 Å². The average Bonchev–Trinajstić information content (AvgIpc) is 2.85. The quantitative estimate of drug-likeness (QED) is 0.718. The van der Waals surface area contributed by atoms with Crippen molar-refractivity contribution >= 4 is 27.3 Å². The van der Waals surface area contributed by atoms with E-state index < -0.39 is 0 Å². The van der Waals surface area contributed by atoms with Gasteiger partial charge >= 0.3 is 0 Å². The van der Waals surface area contributed by atoms with Crippen LogP contribution >= 0.6 is 27.3 Å². The van der Waals surface area contributed by atoms with Crippen LogP contribution in [0, 0.1) is 0 Å². The minimum absolute atomic E-state index is 0.971. The van der Waals surface area contributed by atoms with Crippen LogP contribution in [0.2, 0.25) is 0 Å². The number of nitrogens with zero attached hydrogens (tertiary/aromatic N) is 1. The molecule has 0 aliphatic carbocycles. The van der Waals surface area contributed by atoms with Gasteiger partial charge in [0.15, 0.2) is 0 Å². The Morgan fingerprint density at radius 3 is 2.75 bits per heavy atom. The van der Waals surface area contributed by atoms with Crippen LogP contribution in [0.1, 0.15) is 16.9 Å². The molecule has 1 N–H and O–H groups in total. The number of halogens is 1. The van der Waals surface area contributed by atoms with Gasteiger partial charge in [-0.25, -0.2) is 0 Å². The Morgan fingerprint density at radius 2 is 2.05 bits per heavy atom. The van der Waals surface area contributed by atoms with Gasteiger partial charge in [0.2, 0.25) is 0 Å². The molecule has 0 aliphatic heterocycles. The van der Waals surface area contributed by atoms with Crippen LogP contribution in [0.25, 0.3) is 0 Å². The van der Waals surface area contributed by atoms with Gasteiger partial charge in [-0.2, -0.15) is 0 Å². The van der Waals surface area contributed by atoms with E-state index >= 15 is 0 Å². The van der Waals surface area contributed by atoms with Crippen molar-refractivity contribution in [2.75, 3.05) is 20.1 Å². The number of rotatable bonds is 8. The Kier molecular flexibility index (Phi) is 6.73. The largest absolute Gasteiger partial charge is 0.312 e. The van der Waals surface area contributed by atoms with E-state index in [0.29, 0.717) is 0 Å². The van der Waals surface area contributed by atoms with E-state index in [0.717, 1.165) is 26.2 Å². The zero-order valence-corrected chi connectivity index (χ0v) is 14.2. The molecule has 2 nitrogen and oxygen atoms in total. The molecular formula is C16H21BrN2S. The van der Waals surface area contributed by atoms with Gasteiger partial charge in [0.05, 0.1) is 0 Å².